The SMILES string of the molecule is CC(O)(COc1ccccc1F)C(=O)O. The van der Waals surface area contributed by atoms with Crippen LogP contribution in [0.15, 0.2) is 24.3 Å². The van der Waals surface area contributed by atoms with Crippen molar-refractivity contribution in [2.45, 2.75) is 12.5 Å². The number of ether oxygens (including phenoxy) is 1. The van der Waals surface area contributed by atoms with Gasteiger partial charge in [0.25, 0.3) is 0 Å². The minimum atomic E-state index is -2.03. The van der Waals surface area contributed by atoms with E-state index in [0.717, 1.165) is 6.92 Å². The highest BCUT2D eigenvalue weighted by molar-refractivity contribution is 5.76. The van der Waals surface area contributed by atoms with Gasteiger partial charge in [-0.3, -0.25) is 0 Å². The molecule has 0 heterocycles. The number of carbonyl (C=O) groups is 1. The van der Waals surface area contributed by atoms with Gasteiger partial charge in [-0.15, -0.1) is 0 Å². The molecule has 5 heteroatoms. The van der Waals surface area contributed by atoms with Gasteiger partial charge in [-0.25, -0.2) is 9.18 Å². The number of benzene rings is 1. The third-order valence-electron chi connectivity index (χ3n) is 1.81. The van der Waals surface area contributed by atoms with Crippen LogP contribution in [0.4, 0.5) is 4.39 Å². The molecular formula is C10H11FO4. The van der Waals surface area contributed by atoms with Gasteiger partial charge in [0.05, 0.1) is 0 Å². The first kappa shape index (κ1) is 11.5. The average Bonchev–Trinajstić information content (AvgIpc) is 2.16. The Hall–Kier alpha value is -1.62. The van der Waals surface area contributed by atoms with Crippen LogP contribution in [0.3, 0.4) is 0 Å². The highest BCUT2D eigenvalue weighted by Gasteiger charge is 2.31. The van der Waals surface area contributed by atoms with Gasteiger partial charge in [-0.1, -0.05) is 12.1 Å². The van der Waals surface area contributed by atoms with Crippen molar-refractivity contribution in [2.24, 2.45) is 0 Å². The van der Waals surface area contributed by atoms with Crippen LogP contribution in [-0.2, 0) is 4.79 Å². The van der Waals surface area contributed by atoms with Crippen molar-refractivity contribution in [2.75, 3.05) is 6.61 Å². The Morgan fingerprint density at radius 1 is 1.53 bits per heavy atom. The Kier molecular flexibility index (Phi) is 3.26. The maximum Gasteiger partial charge on any atom is 0.339 e. The Bertz CT molecular complexity index is 362. The number of aliphatic hydroxyl groups is 1. The van der Waals surface area contributed by atoms with E-state index in [1.165, 1.54) is 18.2 Å². The number of rotatable bonds is 4. The van der Waals surface area contributed by atoms with Gasteiger partial charge in [0.1, 0.15) is 6.61 Å². The first-order valence-corrected chi connectivity index (χ1v) is 4.26. The summed E-state index contributed by atoms with van der Waals surface area (Å²) >= 11 is 0. The van der Waals surface area contributed by atoms with Crippen LogP contribution in [0, 0.1) is 5.82 Å². The lowest BCUT2D eigenvalue weighted by molar-refractivity contribution is -0.159. The van der Waals surface area contributed by atoms with Crippen LogP contribution in [0.1, 0.15) is 6.92 Å². The van der Waals surface area contributed by atoms with Gasteiger partial charge in [0.15, 0.2) is 17.2 Å². The largest absolute Gasteiger partial charge is 0.487 e. The van der Waals surface area contributed by atoms with E-state index in [2.05, 4.69) is 0 Å². The summed E-state index contributed by atoms with van der Waals surface area (Å²) in [5.74, 6) is -2.10. The number of carboxylic acids is 1. The number of aliphatic carboxylic acids is 1. The van der Waals surface area contributed by atoms with Crippen molar-refractivity contribution in [1.82, 2.24) is 0 Å². The molecule has 0 aromatic heterocycles. The molecule has 1 rings (SSSR count). The molecule has 0 radical (unpaired) electrons. The fourth-order valence-corrected chi connectivity index (χ4v) is 0.842. The molecule has 4 nitrogen and oxygen atoms in total. The van der Waals surface area contributed by atoms with Crippen molar-refractivity contribution >= 4 is 5.97 Å². The molecule has 0 saturated carbocycles. The van der Waals surface area contributed by atoms with Crippen molar-refractivity contribution < 1.29 is 24.1 Å². The zero-order valence-electron chi connectivity index (χ0n) is 8.11. The van der Waals surface area contributed by atoms with Gasteiger partial charge >= 0.3 is 5.97 Å². The summed E-state index contributed by atoms with van der Waals surface area (Å²) in [4.78, 5) is 10.5. The first-order chi connectivity index (χ1) is 6.93. The number of carboxylic acid groups (broad SMARTS) is 1. The van der Waals surface area contributed by atoms with Crippen LogP contribution in [0.2, 0.25) is 0 Å². The fraction of sp³-hybridized carbons (Fsp3) is 0.300. The highest BCUT2D eigenvalue weighted by atomic mass is 19.1. The Labute approximate surface area is 85.9 Å². The summed E-state index contributed by atoms with van der Waals surface area (Å²) in [6.07, 6.45) is 0. The Balaban J connectivity index is 2.66. The number of halogens is 1. The normalized spacial score (nSPS) is 14.3. The second-order valence-corrected chi connectivity index (χ2v) is 3.30. The van der Waals surface area contributed by atoms with Crippen LogP contribution < -0.4 is 4.74 Å². The smallest absolute Gasteiger partial charge is 0.339 e. The summed E-state index contributed by atoms with van der Waals surface area (Å²) in [6, 6.07) is 5.57. The molecular weight excluding hydrogens is 203 g/mol. The first-order valence-electron chi connectivity index (χ1n) is 4.26. The van der Waals surface area contributed by atoms with Crippen LogP contribution in [0.5, 0.6) is 5.75 Å². The van der Waals surface area contributed by atoms with E-state index in [9.17, 15) is 14.3 Å². The van der Waals surface area contributed by atoms with Crippen molar-refractivity contribution in [3.05, 3.63) is 30.1 Å². The van der Waals surface area contributed by atoms with Crippen molar-refractivity contribution in [3.63, 3.8) is 0 Å². The second kappa shape index (κ2) is 4.27. The molecule has 0 aliphatic rings. The van der Waals surface area contributed by atoms with Crippen LogP contribution in [0.25, 0.3) is 0 Å². The summed E-state index contributed by atoms with van der Waals surface area (Å²) in [7, 11) is 0. The summed E-state index contributed by atoms with van der Waals surface area (Å²) in [6.45, 7) is 0.569. The minimum Gasteiger partial charge on any atom is -0.487 e. The number of hydrogen-bond donors (Lipinski definition) is 2. The minimum absolute atomic E-state index is 0.0842. The quantitative estimate of drug-likeness (QED) is 0.785. The van der Waals surface area contributed by atoms with Gasteiger partial charge in [-0.2, -0.15) is 0 Å². The predicted molar refractivity (Wildman–Crippen MR) is 50.2 cm³/mol. The third-order valence-corrected chi connectivity index (χ3v) is 1.81. The number of hydrogen-bond acceptors (Lipinski definition) is 3. The van der Waals surface area contributed by atoms with Gasteiger partial charge in [0.2, 0.25) is 0 Å². The van der Waals surface area contributed by atoms with Gasteiger partial charge in [0, 0.05) is 0 Å². The molecule has 1 aromatic rings. The summed E-state index contributed by atoms with van der Waals surface area (Å²) in [5, 5.41) is 17.9. The summed E-state index contributed by atoms with van der Waals surface area (Å²) < 4.78 is 17.9. The van der Waals surface area contributed by atoms with E-state index < -0.39 is 24.0 Å². The molecule has 1 atom stereocenters. The van der Waals surface area contributed by atoms with E-state index in [-0.39, 0.29) is 5.75 Å². The molecule has 1 aromatic carbocycles. The van der Waals surface area contributed by atoms with Crippen LogP contribution >= 0.6 is 0 Å². The maximum atomic E-state index is 13.0. The topological polar surface area (TPSA) is 66.8 Å². The molecule has 1 unspecified atom stereocenters. The maximum absolute atomic E-state index is 13.0. The zero-order valence-corrected chi connectivity index (χ0v) is 8.11. The molecule has 0 aliphatic heterocycles. The molecule has 0 saturated heterocycles. The molecule has 0 bridgehead atoms. The lowest BCUT2D eigenvalue weighted by Crippen LogP contribution is -2.41. The van der Waals surface area contributed by atoms with Crippen molar-refractivity contribution in [3.8, 4) is 5.75 Å². The average molecular weight is 214 g/mol. The second-order valence-electron chi connectivity index (χ2n) is 3.30. The fourth-order valence-electron chi connectivity index (χ4n) is 0.842. The monoisotopic (exact) mass is 214 g/mol. The van der Waals surface area contributed by atoms with Gasteiger partial charge in [-0.05, 0) is 19.1 Å². The molecule has 0 fully saturated rings. The molecule has 0 aliphatic carbocycles. The van der Waals surface area contributed by atoms with Crippen molar-refractivity contribution in [1.29, 1.82) is 0 Å². The lowest BCUT2D eigenvalue weighted by atomic mass is 10.1. The standard InChI is InChI=1S/C10H11FO4/c1-10(14,9(12)13)6-15-8-5-3-2-4-7(8)11/h2-5,14H,6H2,1H3,(H,12,13). The molecule has 82 valence electrons. The third kappa shape index (κ3) is 2.92. The lowest BCUT2D eigenvalue weighted by Gasteiger charge is -2.18. The number of para-hydroxylation sites is 1. The summed E-state index contributed by atoms with van der Waals surface area (Å²) in [5.41, 5.74) is -2.03. The molecule has 2 N–H and O–H groups in total. The van der Waals surface area contributed by atoms with Gasteiger partial charge < -0.3 is 14.9 Å². The van der Waals surface area contributed by atoms with Crippen LogP contribution in [-0.4, -0.2) is 28.4 Å². The van der Waals surface area contributed by atoms with E-state index in [1.54, 1.807) is 6.07 Å². The van der Waals surface area contributed by atoms with E-state index in [1.807, 2.05) is 0 Å². The molecule has 0 spiro atoms. The zero-order chi connectivity index (χ0) is 11.5. The predicted octanol–water partition coefficient (Wildman–Crippen LogP) is 1.04. The molecule has 15 heavy (non-hydrogen) atoms. The highest BCUT2D eigenvalue weighted by Crippen LogP contribution is 2.17. The van der Waals surface area contributed by atoms with E-state index in [0.29, 0.717) is 0 Å². The van der Waals surface area contributed by atoms with E-state index in [4.69, 9.17) is 9.84 Å². The Morgan fingerprint density at radius 2 is 2.13 bits per heavy atom. The Morgan fingerprint density at radius 3 is 2.67 bits per heavy atom. The molecule has 0 amide bonds. The van der Waals surface area contributed by atoms with E-state index >= 15 is 0 Å².